The van der Waals surface area contributed by atoms with Crippen molar-refractivity contribution in [2.45, 2.75) is 17.7 Å². The number of carbonyl (C=O) groups is 1. The Morgan fingerprint density at radius 1 is 1.26 bits per heavy atom. The summed E-state index contributed by atoms with van der Waals surface area (Å²) in [5.41, 5.74) is 1.85. The van der Waals surface area contributed by atoms with E-state index in [1.54, 1.807) is 23.0 Å². The minimum atomic E-state index is -3.51. The van der Waals surface area contributed by atoms with Crippen LogP contribution in [0.2, 0.25) is 0 Å². The Hall–Kier alpha value is -2.45. The lowest BCUT2D eigenvalue weighted by Crippen LogP contribution is -2.41. The molecule has 1 aliphatic heterocycles. The van der Waals surface area contributed by atoms with E-state index in [-0.39, 0.29) is 11.8 Å². The lowest BCUT2D eigenvalue weighted by molar-refractivity contribution is -0.116. The quantitative estimate of drug-likeness (QED) is 0.765. The molecule has 0 atom stereocenters. The molecule has 2 heterocycles. The summed E-state index contributed by atoms with van der Waals surface area (Å²) in [5.74, 6) is 0.0890. The van der Waals surface area contributed by atoms with E-state index in [2.05, 4.69) is 17.0 Å². The van der Waals surface area contributed by atoms with Crippen LogP contribution in [-0.4, -0.2) is 48.0 Å². The van der Waals surface area contributed by atoms with Gasteiger partial charge in [0.1, 0.15) is 0 Å². The van der Waals surface area contributed by atoms with Crippen molar-refractivity contribution in [3.63, 3.8) is 0 Å². The molecule has 0 bridgehead atoms. The minimum Gasteiger partial charge on any atom is -0.352 e. The first kappa shape index (κ1) is 19.3. The van der Waals surface area contributed by atoms with Crippen molar-refractivity contribution in [3.8, 4) is 11.3 Å². The van der Waals surface area contributed by atoms with Crippen molar-refractivity contribution in [2.24, 2.45) is 13.0 Å². The lowest BCUT2D eigenvalue weighted by atomic mass is 9.98. The van der Waals surface area contributed by atoms with Crippen LogP contribution in [0.15, 0.2) is 54.1 Å². The van der Waals surface area contributed by atoms with E-state index in [1.165, 1.54) is 10.4 Å². The number of carbonyl (C=O) groups excluding carboxylic acids is 1. The predicted octanol–water partition coefficient (Wildman–Crippen LogP) is 1.79. The van der Waals surface area contributed by atoms with Gasteiger partial charge < -0.3 is 5.32 Å². The Kier molecular flexibility index (Phi) is 5.76. The molecule has 27 heavy (non-hydrogen) atoms. The molecule has 0 unspecified atom stereocenters. The number of rotatable bonds is 6. The van der Waals surface area contributed by atoms with Gasteiger partial charge in [0.05, 0.1) is 10.6 Å². The standard InChI is InChI=1S/C19H24N4O3S/c1-3-19(24)20-14-15-9-12-23(13-10-15)27(25,26)17-6-4-16(5-7-17)18-8-11-21-22(18)2/h3-8,11,15H,1,9-10,12-14H2,2H3,(H,20,24). The Balaban J connectivity index is 1.64. The van der Waals surface area contributed by atoms with Crippen molar-refractivity contribution >= 4 is 15.9 Å². The van der Waals surface area contributed by atoms with Gasteiger partial charge in [0.25, 0.3) is 0 Å². The molecule has 0 aliphatic carbocycles. The Labute approximate surface area is 159 Å². The Morgan fingerprint density at radius 2 is 1.93 bits per heavy atom. The van der Waals surface area contributed by atoms with Gasteiger partial charge in [0, 0.05) is 32.9 Å². The average molecular weight is 388 g/mol. The summed E-state index contributed by atoms with van der Waals surface area (Å²) < 4.78 is 29.1. The molecule has 0 spiro atoms. The first-order valence-corrected chi connectivity index (χ1v) is 10.3. The van der Waals surface area contributed by atoms with Crippen LogP contribution in [-0.2, 0) is 21.9 Å². The second-order valence-corrected chi connectivity index (χ2v) is 8.60. The van der Waals surface area contributed by atoms with Gasteiger partial charge in [-0.05, 0) is 48.6 Å². The number of benzene rings is 1. The molecule has 1 N–H and O–H groups in total. The van der Waals surface area contributed by atoms with Gasteiger partial charge in [-0.15, -0.1) is 0 Å². The molecular formula is C19H24N4O3S. The van der Waals surface area contributed by atoms with E-state index in [0.29, 0.717) is 24.5 Å². The molecule has 1 saturated heterocycles. The molecule has 7 nitrogen and oxygen atoms in total. The SMILES string of the molecule is C=CC(=O)NCC1CCN(S(=O)(=O)c2ccc(-c3ccnn3C)cc2)CC1. The molecule has 2 aromatic rings. The third-order valence-corrected chi connectivity index (χ3v) is 6.85. The minimum absolute atomic E-state index is 0.196. The lowest BCUT2D eigenvalue weighted by Gasteiger charge is -2.31. The zero-order valence-corrected chi connectivity index (χ0v) is 16.2. The maximum Gasteiger partial charge on any atom is 0.243 e. The fraction of sp³-hybridized carbons (Fsp3) is 0.368. The Bertz CT molecular complexity index is 911. The largest absolute Gasteiger partial charge is 0.352 e. The van der Waals surface area contributed by atoms with E-state index >= 15 is 0 Å². The maximum atomic E-state index is 12.9. The van der Waals surface area contributed by atoms with Crippen LogP contribution in [0.5, 0.6) is 0 Å². The number of nitrogens with one attached hydrogen (secondary N) is 1. The van der Waals surface area contributed by atoms with Crippen LogP contribution in [0.3, 0.4) is 0 Å². The van der Waals surface area contributed by atoms with Crippen LogP contribution >= 0.6 is 0 Å². The number of amides is 1. The van der Waals surface area contributed by atoms with Gasteiger partial charge in [0.2, 0.25) is 15.9 Å². The van der Waals surface area contributed by atoms with Crippen molar-refractivity contribution in [3.05, 3.63) is 49.2 Å². The molecule has 1 aromatic carbocycles. The van der Waals surface area contributed by atoms with Gasteiger partial charge >= 0.3 is 0 Å². The number of sulfonamides is 1. The maximum absolute atomic E-state index is 12.9. The van der Waals surface area contributed by atoms with Gasteiger partial charge in [-0.2, -0.15) is 9.40 Å². The molecular weight excluding hydrogens is 364 g/mol. The van der Waals surface area contributed by atoms with Gasteiger partial charge in [-0.3, -0.25) is 9.48 Å². The number of piperidine rings is 1. The molecule has 1 fully saturated rings. The monoisotopic (exact) mass is 388 g/mol. The molecule has 1 aromatic heterocycles. The fourth-order valence-electron chi connectivity index (χ4n) is 3.27. The average Bonchev–Trinajstić information content (AvgIpc) is 3.12. The molecule has 0 radical (unpaired) electrons. The summed E-state index contributed by atoms with van der Waals surface area (Å²) in [6.45, 7) is 4.90. The summed E-state index contributed by atoms with van der Waals surface area (Å²) in [4.78, 5) is 11.6. The van der Waals surface area contributed by atoms with Crippen LogP contribution in [0, 0.1) is 5.92 Å². The summed E-state index contributed by atoms with van der Waals surface area (Å²) in [7, 11) is -1.66. The Morgan fingerprint density at radius 3 is 2.48 bits per heavy atom. The van der Waals surface area contributed by atoms with E-state index in [1.807, 2.05) is 25.2 Å². The highest BCUT2D eigenvalue weighted by atomic mass is 32.2. The van der Waals surface area contributed by atoms with Gasteiger partial charge in [-0.1, -0.05) is 18.7 Å². The number of aryl methyl sites for hydroxylation is 1. The summed E-state index contributed by atoms with van der Waals surface area (Å²) in [6, 6.07) is 8.80. The highest BCUT2D eigenvalue weighted by Crippen LogP contribution is 2.26. The normalized spacial score (nSPS) is 16.2. The highest BCUT2D eigenvalue weighted by molar-refractivity contribution is 7.89. The topological polar surface area (TPSA) is 84.3 Å². The van der Waals surface area contributed by atoms with Crippen molar-refractivity contribution in [2.75, 3.05) is 19.6 Å². The van der Waals surface area contributed by atoms with Crippen LogP contribution in [0.25, 0.3) is 11.3 Å². The third kappa shape index (κ3) is 4.28. The molecule has 8 heteroatoms. The predicted molar refractivity (Wildman–Crippen MR) is 103 cm³/mol. The van der Waals surface area contributed by atoms with Crippen molar-refractivity contribution < 1.29 is 13.2 Å². The number of nitrogens with zero attached hydrogens (tertiary/aromatic N) is 3. The van der Waals surface area contributed by atoms with E-state index in [9.17, 15) is 13.2 Å². The first-order chi connectivity index (χ1) is 12.9. The molecule has 1 aliphatic rings. The summed E-state index contributed by atoms with van der Waals surface area (Å²) in [6.07, 6.45) is 4.41. The zero-order valence-electron chi connectivity index (χ0n) is 15.3. The molecule has 0 saturated carbocycles. The molecule has 3 rings (SSSR count). The molecule has 144 valence electrons. The number of aromatic nitrogens is 2. The van der Waals surface area contributed by atoms with Gasteiger partial charge in [0.15, 0.2) is 0 Å². The summed E-state index contributed by atoms with van der Waals surface area (Å²) in [5, 5.41) is 6.91. The molecule has 1 amide bonds. The van der Waals surface area contributed by atoms with Crippen LogP contribution < -0.4 is 5.32 Å². The first-order valence-electron chi connectivity index (χ1n) is 8.90. The summed E-state index contributed by atoms with van der Waals surface area (Å²) >= 11 is 0. The van der Waals surface area contributed by atoms with Crippen LogP contribution in [0.1, 0.15) is 12.8 Å². The van der Waals surface area contributed by atoms with Crippen molar-refractivity contribution in [1.82, 2.24) is 19.4 Å². The fourth-order valence-corrected chi connectivity index (χ4v) is 4.74. The second-order valence-electron chi connectivity index (χ2n) is 6.66. The zero-order chi connectivity index (χ0) is 19.4. The van der Waals surface area contributed by atoms with E-state index in [4.69, 9.17) is 0 Å². The smallest absolute Gasteiger partial charge is 0.243 e. The van der Waals surface area contributed by atoms with Crippen LogP contribution in [0.4, 0.5) is 0 Å². The van der Waals surface area contributed by atoms with Crippen molar-refractivity contribution in [1.29, 1.82) is 0 Å². The van der Waals surface area contributed by atoms with E-state index < -0.39 is 10.0 Å². The number of hydrogen-bond donors (Lipinski definition) is 1. The van der Waals surface area contributed by atoms with Gasteiger partial charge in [-0.25, -0.2) is 8.42 Å². The second kappa shape index (κ2) is 8.06. The third-order valence-electron chi connectivity index (χ3n) is 4.93. The van der Waals surface area contributed by atoms with E-state index in [0.717, 1.165) is 24.1 Å². The highest BCUT2D eigenvalue weighted by Gasteiger charge is 2.29. The number of hydrogen-bond acceptors (Lipinski definition) is 4.